The van der Waals surface area contributed by atoms with Gasteiger partial charge in [0.2, 0.25) is 0 Å². The molecule has 0 aromatic heterocycles. The van der Waals surface area contributed by atoms with Crippen LogP contribution in [-0.4, -0.2) is 25.9 Å². The van der Waals surface area contributed by atoms with Crippen LogP contribution in [0.25, 0.3) is 0 Å². The van der Waals surface area contributed by atoms with Crippen LogP contribution < -0.4 is 10.1 Å². The minimum absolute atomic E-state index is 0.331. The van der Waals surface area contributed by atoms with Crippen molar-refractivity contribution in [1.29, 1.82) is 0 Å². The van der Waals surface area contributed by atoms with E-state index < -0.39 is 0 Å². The van der Waals surface area contributed by atoms with Crippen LogP contribution in [0, 0.1) is 0 Å². The largest absolute Gasteiger partial charge is 0.490 e. The Labute approximate surface area is 102 Å². The monoisotopic (exact) mass is 233 g/mol. The third kappa shape index (κ3) is 2.45. The van der Waals surface area contributed by atoms with E-state index in [4.69, 9.17) is 9.47 Å². The maximum atomic E-state index is 6.13. The molecule has 3 rings (SSSR count). The summed E-state index contributed by atoms with van der Waals surface area (Å²) in [6.07, 6.45) is 3.46. The first kappa shape index (κ1) is 11.1. The van der Waals surface area contributed by atoms with Gasteiger partial charge in [0, 0.05) is 24.9 Å². The second-order valence-electron chi connectivity index (χ2n) is 4.75. The van der Waals surface area contributed by atoms with E-state index in [0.29, 0.717) is 6.10 Å². The van der Waals surface area contributed by atoms with Crippen molar-refractivity contribution in [2.24, 2.45) is 0 Å². The summed E-state index contributed by atoms with van der Waals surface area (Å²) in [5, 5.41) is 3.41. The summed E-state index contributed by atoms with van der Waals surface area (Å²) in [6.45, 7) is 3.68. The molecular formula is C14H19NO2. The van der Waals surface area contributed by atoms with Crippen molar-refractivity contribution in [2.45, 2.75) is 31.9 Å². The maximum Gasteiger partial charge on any atom is 0.124 e. The molecule has 2 aliphatic rings. The lowest BCUT2D eigenvalue weighted by Crippen LogP contribution is -2.28. The van der Waals surface area contributed by atoms with Gasteiger partial charge in [0.1, 0.15) is 11.9 Å². The predicted molar refractivity (Wildman–Crippen MR) is 66.3 cm³/mol. The Hall–Kier alpha value is -1.06. The van der Waals surface area contributed by atoms with Crippen LogP contribution in [0.15, 0.2) is 18.2 Å². The van der Waals surface area contributed by atoms with Crippen LogP contribution >= 0.6 is 0 Å². The Bertz CT molecular complexity index is 386. The van der Waals surface area contributed by atoms with Gasteiger partial charge < -0.3 is 14.8 Å². The Morgan fingerprint density at radius 2 is 2.12 bits per heavy atom. The van der Waals surface area contributed by atoms with E-state index in [1.54, 1.807) is 0 Å². The van der Waals surface area contributed by atoms with E-state index in [2.05, 4.69) is 23.5 Å². The molecule has 1 fully saturated rings. The lowest BCUT2D eigenvalue weighted by atomic mass is 10.00. The van der Waals surface area contributed by atoms with Gasteiger partial charge in [0.15, 0.2) is 0 Å². The first-order valence-corrected chi connectivity index (χ1v) is 6.49. The fourth-order valence-electron chi connectivity index (χ4n) is 2.57. The Balaban J connectivity index is 1.77. The van der Waals surface area contributed by atoms with E-state index in [9.17, 15) is 0 Å². The van der Waals surface area contributed by atoms with Crippen LogP contribution in [0.4, 0.5) is 0 Å². The second kappa shape index (κ2) is 5.07. The van der Waals surface area contributed by atoms with Crippen molar-refractivity contribution in [3.8, 4) is 5.75 Å². The highest BCUT2D eigenvalue weighted by molar-refractivity contribution is 5.41. The molecule has 0 saturated carbocycles. The summed E-state index contributed by atoms with van der Waals surface area (Å²) < 4.78 is 11.5. The first-order chi connectivity index (χ1) is 8.43. The molecule has 17 heavy (non-hydrogen) atoms. The third-order valence-electron chi connectivity index (χ3n) is 3.56. The highest BCUT2D eigenvalue weighted by atomic mass is 16.5. The zero-order valence-electron chi connectivity index (χ0n) is 10.1. The second-order valence-corrected chi connectivity index (χ2v) is 4.75. The molecule has 0 spiro atoms. The van der Waals surface area contributed by atoms with E-state index in [1.165, 1.54) is 11.1 Å². The Kier molecular flexibility index (Phi) is 3.29. The predicted octanol–water partition coefficient (Wildman–Crippen LogP) is 1.89. The van der Waals surface area contributed by atoms with Crippen molar-refractivity contribution >= 4 is 0 Å². The number of hydrogen-bond acceptors (Lipinski definition) is 3. The average Bonchev–Trinajstić information content (AvgIpc) is 2.40. The van der Waals surface area contributed by atoms with Gasteiger partial charge in [0.05, 0.1) is 13.2 Å². The smallest absolute Gasteiger partial charge is 0.124 e. The van der Waals surface area contributed by atoms with Gasteiger partial charge in [-0.3, -0.25) is 0 Å². The third-order valence-corrected chi connectivity index (χ3v) is 3.56. The zero-order valence-corrected chi connectivity index (χ0v) is 10.1. The van der Waals surface area contributed by atoms with Gasteiger partial charge >= 0.3 is 0 Å². The van der Waals surface area contributed by atoms with Gasteiger partial charge in [-0.15, -0.1) is 0 Å². The van der Waals surface area contributed by atoms with Crippen molar-refractivity contribution < 1.29 is 9.47 Å². The number of rotatable bonds is 2. The molecular weight excluding hydrogens is 214 g/mol. The molecule has 1 saturated heterocycles. The maximum absolute atomic E-state index is 6.13. The van der Waals surface area contributed by atoms with Crippen LogP contribution in [0.3, 0.4) is 0 Å². The first-order valence-electron chi connectivity index (χ1n) is 6.49. The number of benzene rings is 1. The van der Waals surface area contributed by atoms with E-state index >= 15 is 0 Å². The summed E-state index contributed by atoms with van der Waals surface area (Å²) in [5.74, 6) is 1.07. The quantitative estimate of drug-likeness (QED) is 0.846. The number of hydrogen-bond donors (Lipinski definition) is 1. The molecule has 0 amide bonds. The summed E-state index contributed by atoms with van der Waals surface area (Å²) in [7, 11) is 0. The van der Waals surface area contributed by atoms with Crippen molar-refractivity contribution in [1.82, 2.24) is 5.32 Å². The minimum atomic E-state index is 0.331. The zero-order chi connectivity index (χ0) is 11.5. The Morgan fingerprint density at radius 3 is 3.00 bits per heavy atom. The van der Waals surface area contributed by atoms with E-state index in [1.807, 2.05) is 0 Å². The summed E-state index contributed by atoms with van der Waals surface area (Å²) in [4.78, 5) is 0. The fraction of sp³-hybridized carbons (Fsp3) is 0.571. The summed E-state index contributed by atoms with van der Waals surface area (Å²) >= 11 is 0. The van der Waals surface area contributed by atoms with E-state index in [0.717, 1.165) is 51.3 Å². The molecule has 0 aliphatic carbocycles. The fourth-order valence-corrected chi connectivity index (χ4v) is 2.57. The van der Waals surface area contributed by atoms with Crippen LogP contribution in [0.2, 0.25) is 0 Å². The van der Waals surface area contributed by atoms with E-state index in [-0.39, 0.29) is 0 Å². The normalized spacial score (nSPS) is 20.9. The summed E-state index contributed by atoms with van der Waals surface area (Å²) in [6, 6.07) is 6.42. The highest BCUT2D eigenvalue weighted by Gasteiger charge is 2.19. The Morgan fingerprint density at radius 1 is 1.24 bits per heavy atom. The van der Waals surface area contributed by atoms with Gasteiger partial charge in [0.25, 0.3) is 0 Å². The highest BCUT2D eigenvalue weighted by Crippen LogP contribution is 2.27. The average molecular weight is 233 g/mol. The van der Waals surface area contributed by atoms with Crippen LogP contribution in [-0.2, 0) is 17.7 Å². The molecule has 3 heteroatoms. The molecule has 2 aliphatic heterocycles. The lowest BCUT2D eigenvalue weighted by molar-refractivity contribution is 0.0251. The van der Waals surface area contributed by atoms with Crippen LogP contribution in [0.5, 0.6) is 5.75 Å². The molecule has 1 N–H and O–H groups in total. The van der Waals surface area contributed by atoms with Crippen molar-refractivity contribution in [2.75, 3.05) is 19.8 Å². The number of nitrogens with one attached hydrogen (secondary N) is 1. The standard InChI is InChI=1S/C14H19NO2/c1-2-11-4-7-15-10-13(11)14(3-1)17-12-5-8-16-9-6-12/h1-3,12,15H,4-10H2. The van der Waals surface area contributed by atoms with Crippen molar-refractivity contribution in [3.63, 3.8) is 0 Å². The lowest BCUT2D eigenvalue weighted by Gasteiger charge is -2.26. The molecule has 92 valence electrons. The van der Waals surface area contributed by atoms with Gasteiger partial charge in [-0.1, -0.05) is 12.1 Å². The molecule has 2 heterocycles. The molecule has 0 radical (unpaired) electrons. The molecule has 0 bridgehead atoms. The molecule has 0 unspecified atom stereocenters. The number of fused-ring (bicyclic) bond motifs is 1. The van der Waals surface area contributed by atoms with Gasteiger partial charge in [-0.25, -0.2) is 0 Å². The SMILES string of the molecule is c1cc2c(c(OC3CCOCC3)c1)CNCC2. The van der Waals surface area contributed by atoms with Crippen molar-refractivity contribution in [3.05, 3.63) is 29.3 Å². The molecule has 1 aromatic carbocycles. The molecule has 1 aromatic rings. The molecule has 0 atom stereocenters. The number of ether oxygens (including phenoxy) is 2. The van der Waals surface area contributed by atoms with Gasteiger partial charge in [-0.2, -0.15) is 0 Å². The molecule has 3 nitrogen and oxygen atoms in total. The summed E-state index contributed by atoms with van der Waals surface area (Å²) in [5.41, 5.74) is 2.79. The van der Waals surface area contributed by atoms with Gasteiger partial charge in [-0.05, 0) is 24.6 Å². The topological polar surface area (TPSA) is 30.5 Å². The minimum Gasteiger partial charge on any atom is -0.490 e. The van der Waals surface area contributed by atoms with Crippen LogP contribution in [0.1, 0.15) is 24.0 Å².